The first kappa shape index (κ1) is 18.7. The molecule has 0 aliphatic carbocycles. The molecule has 1 N–H and O–H groups in total. The van der Waals surface area contributed by atoms with Crippen molar-refractivity contribution in [1.29, 1.82) is 0 Å². The van der Waals surface area contributed by atoms with E-state index >= 15 is 0 Å². The number of hydrogen-bond donors (Lipinski definition) is 1. The summed E-state index contributed by atoms with van der Waals surface area (Å²) in [4.78, 5) is 0. The van der Waals surface area contributed by atoms with E-state index in [1.165, 1.54) is 0 Å². The number of hydrazone groups is 1. The highest BCUT2D eigenvalue weighted by atomic mass is 35.5. The lowest BCUT2D eigenvalue weighted by atomic mass is 10.2. The number of anilines is 1. The molecule has 0 heterocycles. The zero-order chi connectivity index (χ0) is 17.5. The summed E-state index contributed by atoms with van der Waals surface area (Å²) < 4.78 is 11.1. The topological polar surface area (TPSA) is 42.8 Å². The van der Waals surface area contributed by atoms with Crippen molar-refractivity contribution in [3.63, 3.8) is 0 Å². The maximum Gasteiger partial charge on any atom is 0.160 e. The van der Waals surface area contributed by atoms with Crippen LogP contribution in [0.15, 0.2) is 35.4 Å². The molecule has 0 saturated carbocycles. The summed E-state index contributed by atoms with van der Waals surface area (Å²) in [6.45, 7) is 4.64. The van der Waals surface area contributed by atoms with Crippen LogP contribution < -0.4 is 14.9 Å². The summed E-state index contributed by atoms with van der Waals surface area (Å²) in [5.74, 6) is 0.882. The smallest absolute Gasteiger partial charge is 0.160 e. The summed E-state index contributed by atoms with van der Waals surface area (Å²) in [5.41, 5.74) is 4.30. The maximum absolute atomic E-state index is 6.36. The molecule has 0 fully saturated rings. The van der Waals surface area contributed by atoms with Crippen LogP contribution in [0.25, 0.3) is 0 Å². The molecular formula is C17H17Cl3N2O2. The Balaban J connectivity index is 2.29. The molecule has 7 heteroatoms. The number of nitrogens with zero attached hydrogens (tertiary/aromatic N) is 1. The summed E-state index contributed by atoms with van der Waals surface area (Å²) in [6, 6.07) is 8.93. The van der Waals surface area contributed by atoms with Gasteiger partial charge in [0.2, 0.25) is 0 Å². The lowest BCUT2D eigenvalue weighted by Crippen LogP contribution is -2.02. The lowest BCUT2D eigenvalue weighted by Gasteiger charge is -2.15. The Morgan fingerprint density at radius 1 is 1.04 bits per heavy atom. The number of hydrogen-bond acceptors (Lipinski definition) is 4. The van der Waals surface area contributed by atoms with E-state index in [1.807, 2.05) is 26.0 Å². The molecule has 0 aliphatic rings. The average Bonchev–Trinajstić information content (AvgIpc) is 2.55. The van der Waals surface area contributed by atoms with Crippen molar-refractivity contribution in [2.75, 3.05) is 18.6 Å². The Morgan fingerprint density at radius 2 is 1.75 bits per heavy atom. The van der Waals surface area contributed by atoms with Gasteiger partial charge in [0.15, 0.2) is 11.5 Å². The molecule has 0 atom stereocenters. The Labute approximate surface area is 156 Å². The minimum absolute atomic E-state index is 0.329. The van der Waals surface area contributed by atoms with Gasteiger partial charge < -0.3 is 9.47 Å². The molecule has 0 radical (unpaired) electrons. The second-order valence-corrected chi connectivity index (χ2v) is 5.89. The van der Waals surface area contributed by atoms with Crippen molar-refractivity contribution in [2.45, 2.75) is 13.8 Å². The number of nitrogens with one attached hydrogen (secondary N) is 1. The van der Waals surface area contributed by atoms with Crippen molar-refractivity contribution < 1.29 is 9.47 Å². The number of halogens is 3. The van der Waals surface area contributed by atoms with Gasteiger partial charge >= 0.3 is 0 Å². The molecule has 128 valence electrons. The first-order chi connectivity index (χ1) is 11.6. The molecule has 0 saturated heterocycles. The third kappa shape index (κ3) is 4.69. The third-order valence-corrected chi connectivity index (χ3v) is 3.82. The fraction of sp³-hybridized carbons (Fsp3) is 0.235. The Morgan fingerprint density at radius 3 is 2.42 bits per heavy atom. The second kappa shape index (κ2) is 9.02. The monoisotopic (exact) mass is 386 g/mol. The van der Waals surface area contributed by atoms with Crippen LogP contribution in [-0.2, 0) is 0 Å². The average molecular weight is 388 g/mol. The Bertz CT molecular complexity index is 736. The summed E-state index contributed by atoms with van der Waals surface area (Å²) in [6.07, 6.45) is 1.58. The standard InChI is InChI=1S/C17H17Cl3N2O2/c1-3-23-16-11(8-14(19)17(15(16)20)24-4-2)10-21-22-13-7-5-6-12(18)9-13/h5-10,22H,3-4H2,1-2H3. The van der Waals surface area contributed by atoms with Gasteiger partial charge in [-0.05, 0) is 38.1 Å². The molecular weight excluding hydrogens is 371 g/mol. The van der Waals surface area contributed by atoms with E-state index in [0.29, 0.717) is 45.3 Å². The van der Waals surface area contributed by atoms with Crippen molar-refractivity contribution >= 4 is 46.7 Å². The van der Waals surface area contributed by atoms with Gasteiger partial charge in [0.25, 0.3) is 0 Å². The predicted molar refractivity (Wildman–Crippen MR) is 101 cm³/mol. The van der Waals surface area contributed by atoms with Gasteiger partial charge in [0, 0.05) is 10.6 Å². The van der Waals surface area contributed by atoms with E-state index in [2.05, 4.69) is 10.5 Å². The molecule has 0 aliphatic heterocycles. The SMILES string of the molecule is CCOc1c(Cl)cc(C=NNc2cccc(Cl)c2)c(OCC)c1Cl. The molecule has 4 nitrogen and oxygen atoms in total. The van der Waals surface area contributed by atoms with Crippen LogP contribution in [0.1, 0.15) is 19.4 Å². The van der Waals surface area contributed by atoms with E-state index in [-0.39, 0.29) is 0 Å². The van der Waals surface area contributed by atoms with Crippen LogP contribution in [0.5, 0.6) is 11.5 Å². The molecule has 24 heavy (non-hydrogen) atoms. The van der Waals surface area contributed by atoms with Gasteiger partial charge in [0.1, 0.15) is 5.02 Å². The van der Waals surface area contributed by atoms with Crippen LogP contribution in [-0.4, -0.2) is 19.4 Å². The van der Waals surface area contributed by atoms with Crippen molar-refractivity contribution in [3.8, 4) is 11.5 Å². The summed E-state index contributed by atoms with van der Waals surface area (Å²) >= 11 is 18.5. The molecule has 0 aromatic heterocycles. The maximum atomic E-state index is 6.36. The number of ether oxygens (including phenoxy) is 2. The van der Waals surface area contributed by atoms with Crippen LogP contribution in [0.2, 0.25) is 15.1 Å². The normalized spacial score (nSPS) is 10.9. The summed E-state index contributed by atoms with van der Waals surface area (Å²) in [7, 11) is 0. The van der Waals surface area contributed by atoms with Gasteiger partial charge in [-0.2, -0.15) is 5.10 Å². The minimum Gasteiger partial charge on any atom is -0.491 e. The van der Waals surface area contributed by atoms with Crippen LogP contribution in [0, 0.1) is 0 Å². The molecule has 2 rings (SSSR count). The fourth-order valence-corrected chi connectivity index (χ4v) is 2.83. The Hall–Kier alpha value is -1.62. The van der Waals surface area contributed by atoms with Crippen molar-refractivity contribution in [3.05, 3.63) is 51.0 Å². The Kier molecular flexibility index (Phi) is 7.03. The molecule has 2 aromatic rings. The minimum atomic E-state index is 0.329. The molecule has 0 unspecified atom stereocenters. The van der Waals surface area contributed by atoms with E-state index in [1.54, 1.807) is 24.4 Å². The van der Waals surface area contributed by atoms with E-state index in [4.69, 9.17) is 44.3 Å². The van der Waals surface area contributed by atoms with Gasteiger partial charge in [-0.1, -0.05) is 40.9 Å². The molecule has 2 aromatic carbocycles. The molecule has 0 amide bonds. The van der Waals surface area contributed by atoms with Gasteiger partial charge in [0.05, 0.1) is 30.1 Å². The van der Waals surface area contributed by atoms with Crippen LogP contribution in [0.4, 0.5) is 5.69 Å². The third-order valence-electron chi connectivity index (χ3n) is 2.96. The van der Waals surface area contributed by atoms with Gasteiger partial charge in [-0.25, -0.2) is 0 Å². The lowest BCUT2D eigenvalue weighted by molar-refractivity contribution is 0.323. The number of benzene rings is 2. The van der Waals surface area contributed by atoms with Gasteiger partial charge in [-0.3, -0.25) is 5.43 Å². The van der Waals surface area contributed by atoms with E-state index in [0.717, 1.165) is 5.69 Å². The zero-order valence-electron chi connectivity index (χ0n) is 13.3. The predicted octanol–water partition coefficient (Wildman–Crippen LogP) is 5.89. The second-order valence-electron chi connectivity index (χ2n) is 4.67. The highest BCUT2D eigenvalue weighted by Crippen LogP contribution is 2.42. The van der Waals surface area contributed by atoms with E-state index in [9.17, 15) is 0 Å². The first-order valence-corrected chi connectivity index (χ1v) is 8.52. The first-order valence-electron chi connectivity index (χ1n) is 7.39. The largest absolute Gasteiger partial charge is 0.491 e. The van der Waals surface area contributed by atoms with Crippen LogP contribution in [0.3, 0.4) is 0 Å². The van der Waals surface area contributed by atoms with Gasteiger partial charge in [-0.15, -0.1) is 0 Å². The van der Waals surface area contributed by atoms with Crippen molar-refractivity contribution in [1.82, 2.24) is 0 Å². The summed E-state index contributed by atoms with van der Waals surface area (Å²) in [5, 5.41) is 5.53. The zero-order valence-corrected chi connectivity index (χ0v) is 15.5. The highest BCUT2D eigenvalue weighted by Gasteiger charge is 2.17. The van der Waals surface area contributed by atoms with Crippen LogP contribution >= 0.6 is 34.8 Å². The molecule has 0 bridgehead atoms. The quantitative estimate of drug-likeness (QED) is 0.476. The highest BCUT2D eigenvalue weighted by molar-refractivity contribution is 6.38. The van der Waals surface area contributed by atoms with Crippen molar-refractivity contribution in [2.24, 2.45) is 5.10 Å². The fourth-order valence-electron chi connectivity index (χ4n) is 2.00. The van der Waals surface area contributed by atoms with E-state index < -0.39 is 0 Å². The number of rotatable bonds is 7. The molecule has 0 spiro atoms.